The molecule has 4 rings (SSSR count). The number of rotatable bonds is 4. The quantitative estimate of drug-likeness (QED) is 0.654. The molecular formula is C19H14FN3O4. The largest absolute Gasteiger partial charge is 0.495 e. The smallest absolute Gasteiger partial charge is 0.259 e. The summed E-state index contributed by atoms with van der Waals surface area (Å²) in [7, 11) is 1.44. The molecule has 0 bridgehead atoms. The fourth-order valence-electron chi connectivity index (χ4n) is 3.28. The van der Waals surface area contributed by atoms with Gasteiger partial charge in [-0.25, -0.2) is 9.29 Å². The lowest BCUT2D eigenvalue weighted by atomic mass is 9.93. The van der Waals surface area contributed by atoms with Gasteiger partial charge >= 0.3 is 0 Å². The number of halogens is 1. The monoisotopic (exact) mass is 367 g/mol. The van der Waals surface area contributed by atoms with E-state index in [2.05, 4.69) is 10.5 Å². The maximum absolute atomic E-state index is 13.1. The van der Waals surface area contributed by atoms with E-state index >= 15 is 0 Å². The maximum Gasteiger partial charge on any atom is 0.259 e. The van der Waals surface area contributed by atoms with Crippen LogP contribution in [0.3, 0.4) is 0 Å². The van der Waals surface area contributed by atoms with E-state index in [1.165, 1.54) is 19.2 Å². The second kappa shape index (κ2) is 6.31. The first kappa shape index (κ1) is 16.9. The number of imide groups is 1. The molecule has 0 unspecified atom stereocenters. The van der Waals surface area contributed by atoms with Crippen LogP contribution in [0.1, 0.15) is 10.4 Å². The maximum atomic E-state index is 13.1. The van der Waals surface area contributed by atoms with Gasteiger partial charge in [0.25, 0.3) is 5.91 Å². The van der Waals surface area contributed by atoms with Crippen LogP contribution in [0.5, 0.6) is 5.75 Å². The number of carbonyl (C=O) groups excluding carboxylic acids is 3. The fourth-order valence-corrected chi connectivity index (χ4v) is 3.28. The number of fused-ring (bicyclic) bond motifs is 1. The van der Waals surface area contributed by atoms with Crippen molar-refractivity contribution >= 4 is 29.0 Å². The number of para-hydroxylation sites is 2. The number of carbonyl (C=O) groups is 3. The van der Waals surface area contributed by atoms with Crippen LogP contribution in [0.15, 0.2) is 53.6 Å². The van der Waals surface area contributed by atoms with Crippen molar-refractivity contribution in [3.05, 3.63) is 59.9 Å². The lowest BCUT2D eigenvalue weighted by molar-refractivity contribution is -0.122. The molecule has 8 heteroatoms. The van der Waals surface area contributed by atoms with Crippen molar-refractivity contribution in [3.63, 3.8) is 0 Å². The predicted octanol–water partition coefficient (Wildman–Crippen LogP) is 1.53. The van der Waals surface area contributed by atoms with Crippen LogP contribution in [0.25, 0.3) is 0 Å². The Labute approximate surface area is 153 Å². The summed E-state index contributed by atoms with van der Waals surface area (Å²) in [6.45, 7) is 0. The molecule has 136 valence electrons. The van der Waals surface area contributed by atoms with Crippen LogP contribution in [0, 0.1) is 11.7 Å². The molecule has 0 radical (unpaired) electrons. The van der Waals surface area contributed by atoms with Crippen LogP contribution >= 0.6 is 0 Å². The Morgan fingerprint density at radius 2 is 1.81 bits per heavy atom. The third kappa shape index (κ3) is 2.57. The van der Waals surface area contributed by atoms with Gasteiger partial charge in [-0.3, -0.25) is 19.8 Å². The molecule has 0 aromatic heterocycles. The van der Waals surface area contributed by atoms with E-state index in [1.54, 1.807) is 24.3 Å². The molecule has 0 aliphatic carbocycles. The van der Waals surface area contributed by atoms with E-state index in [0.717, 1.165) is 17.0 Å². The van der Waals surface area contributed by atoms with Crippen LogP contribution in [-0.4, -0.2) is 36.5 Å². The van der Waals surface area contributed by atoms with Gasteiger partial charge in [-0.15, -0.1) is 0 Å². The average molecular weight is 367 g/mol. The Bertz CT molecular complexity index is 987. The topological polar surface area (TPSA) is 88.1 Å². The highest BCUT2D eigenvalue weighted by atomic mass is 19.1. The van der Waals surface area contributed by atoms with Gasteiger partial charge in [0.1, 0.15) is 29.2 Å². The fraction of sp³-hybridized carbons (Fsp3) is 0.158. The summed E-state index contributed by atoms with van der Waals surface area (Å²) >= 11 is 0. The molecule has 2 atom stereocenters. The zero-order valence-corrected chi connectivity index (χ0v) is 14.2. The van der Waals surface area contributed by atoms with Gasteiger partial charge < -0.3 is 4.74 Å². The standard InChI is InChI=1S/C19H14FN3O4/c1-27-13-5-3-2-4-12(13)23-18(25)14-15(21-22-16(14)19(23)26)17(24)10-6-8-11(20)9-7-10/h2-9,14,16,22H,1H3/t14-,16+/m1/s1. The summed E-state index contributed by atoms with van der Waals surface area (Å²) in [6, 6.07) is 10.6. The van der Waals surface area contributed by atoms with Gasteiger partial charge in [-0.05, 0) is 36.4 Å². The van der Waals surface area contributed by atoms with Gasteiger partial charge in [0, 0.05) is 5.56 Å². The first-order valence-electron chi connectivity index (χ1n) is 8.17. The molecule has 2 aliphatic heterocycles. The molecule has 1 N–H and O–H groups in total. The second-order valence-electron chi connectivity index (χ2n) is 6.10. The number of ether oxygens (including phenoxy) is 1. The first-order valence-corrected chi connectivity index (χ1v) is 8.17. The van der Waals surface area contributed by atoms with E-state index in [1.807, 2.05) is 0 Å². The third-order valence-corrected chi connectivity index (χ3v) is 4.59. The number of hydrogen-bond donors (Lipinski definition) is 1. The van der Waals surface area contributed by atoms with Crippen molar-refractivity contribution in [1.82, 2.24) is 5.43 Å². The number of nitrogens with zero attached hydrogens (tertiary/aromatic N) is 2. The number of Topliss-reactive ketones (excluding diaryl/α,β-unsaturated/α-hetero) is 1. The van der Waals surface area contributed by atoms with Crippen molar-refractivity contribution < 1.29 is 23.5 Å². The van der Waals surface area contributed by atoms with E-state index in [0.29, 0.717) is 11.4 Å². The predicted molar refractivity (Wildman–Crippen MR) is 94.1 cm³/mol. The lowest BCUT2D eigenvalue weighted by Gasteiger charge is -2.18. The zero-order chi connectivity index (χ0) is 19.1. The molecule has 0 spiro atoms. The van der Waals surface area contributed by atoms with Crippen molar-refractivity contribution in [2.45, 2.75) is 6.04 Å². The molecular weight excluding hydrogens is 353 g/mol. The number of hydrazone groups is 1. The van der Waals surface area contributed by atoms with Gasteiger partial charge in [-0.2, -0.15) is 5.10 Å². The summed E-state index contributed by atoms with van der Waals surface area (Å²) in [5.74, 6) is -2.76. The van der Waals surface area contributed by atoms with E-state index in [9.17, 15) is 18.8 Å². The Morgan fingerprint density at radius 1 is 1.11 bits per heavy atom. The highest BCUT2D eigenvalue weighted by Gasteiger charge is 2.55. The number of anilines is 1. The van der Waals surface area contributed by atoms with E-state index < -0.39 is 35.4 Å². The normalized spacial score (nSPS) is 21.0. The molecule has 7 nitrogen and oxygen atoms in total. The van der Waals surface area contributed by atoms with Crippen LogP contribution in [-0.2, 0) is 9.59 Å². The van der Waals surface area contributed by atoms with E-state index in [-0.39, 0.29) is 11.3 Å². The van der Waals surface area contributed by atoms with Crippen LogP contribution < -0.4 is 15.1 Å². The minimum Gasteiger partial charge on any atom is -0.495 e. The SMILES string of the molecule is COc1ccccc1N1C(=O)[C@@H]2C(C(=O)c3ccc(F)cc3)=NN[C@@H]2C1=O. The summed E-state index contributed by atoms with van der Waals surface area (Å²) in [5.41, 5.74) is 3.01. The van der Waals surface area contributed by atoms with E-state index in [4.69, 9.17) is 4.74 Å². The minimum absolute atomic E-state index is 0.0673. The highest BCUT2D eigenvalue weighted by molar-refractivity contribution is 6.52. The number of methoxy groups -OCH3 is 1. The van der Waals surface area contributed by atoms with Crippen LogP contribution in [0.4, 0.5) is 10.1 Å². The third-order valence-electron chi connectivity index (χ3n) is 4.59. The number of ketones is 1. The molecule has 2 heterocycles. The summed E-state index contributed by atoms with van der Waals surface area (Å²) in [5, 5.41) is 3.91. The summed E-state index contributed by atoms with van der Waals surface area (Å²) in [4.78, 5) is 39.5. The average Bonchev–Trinajstić information content (AvgIpc) is 3.22. The number of nitrogens with one attached hydrogen (secondary N) is 1. The molecule has 1 fully saturated rings. The lowest BCUT2D eigenvalue weighted by Crippen LogP contribution is -2.36. The minimum atomic E-state index is -1.04. The van der Waals surface area contributed by atoms with Crippen molar-refractivity contribution in [1.29, 1.82) is 0 Å². The number of amides is 2. The molecule has 1 saturated heterocycles. The summed E-state index contributed by atoms with van der Waals surface area (Å²) in [6.07, 6.45) is 0. The number of benzene rings is 2. The Kier molecular flexibility index (Phi) is 3.95. The highest BCUT2D eigenvalue weighted by Crippen LogP contribution is 2.36. The number of hydrogen-bond acceptors (Lipinski definition) is 6. The second-order valence-corrected chi connectivity index (χ2v) is 6.10. The van der Waals surface area contributed by atoms with Gasteiger partial charge in [0.15, 0.2) is 0 Å². The molecule has 2 amide bonds. The first-order chi connectivity index (χ1) is 13.0. The Hall–Kier alpha value is -3.55. The van der Waals surface area contributed by atoms with Crippen molar-refractivity contribution in [3.8, 4) is 5.75 Å². The summed E-state index contributed by atoms with van der Waals surface area (Å²) < 4.78 is 18.3. The van der Waals surface area contributed by atoms with Crippen molar-refractivity contribution in [2.24, 2.45) is 11.0 Å². The van der Waals surface area contributed by atoms with Gasteiger partial charge in [-0.1, -0.05) is 12.1 Å². The van der Waals surface area contributed by atoms with Crippen LogP contribution in [0.2, 0.25) is 0 Å². The Balaban J connectivity index is 1.68. The molecule has 2 aromatic rings. The Morgan fingerprint density at radius 3 is 2.52 bits per heavy atom. The van der Waals surface area contributed by atoms with Gasteiger partial charge in [0.2, 0.25) is 11.7 Å². The molecule has 2 aromatic carbocycles. The molecule has 0 saturated carbocycles. The molecule has 27 heavy (non-hydrogen) atoms. The zero-order valence-electron chi connectivity index (χ0n) is 14.2. The molecule has 2 aliphatic rings. The van der Waals surface area contributed by atoms with Crippen molar-refractivity contribution in [2.75, 3.05) is 12.0 Å². The van der Waals surface area contributed by atoms with Gasteiger partial charge in [0.05, 0.1) is 12.8 Å².